The minimum absolute atomic E-state index is 0.131. The quantitative estimate of drug-likeness (QED) is 0.526. The van der Waals surface area contributed by atoms with Crippen molar-refractivity contribution >= 4 is 11.9 Å². The summed E-state index contributed by atoms with van der Waals surface area (Å²) in [7, 11) is 0. The molecule has 1 unspecified atom stereocenters. The number of carbonyl (C=O) groups is 1. The van der Waals surface area contributed by atoms with E-state index in [0.717, 1.165) is 10.6 Å². The minimum atomic E-state index is -0.708. The molecular formula is C9H8N2O. The SMILES string of the molecule is NC1N=c2ccccc2=CC1=O. The Kier molecular flexibility index (Phi) is 1.52. The number of fused-ring (bicyclic) bond motifs is 1. The van der Waals surface area contributed by atoms with Gasteiger partial charge in [0.05, 0.1) is 5.36 Å². The Hall–Kier alpha value is -1.48. The van der Waals surface area contributed by atoms with Gasteiger partial charge in [-0.05, 0) is 12.1 Å². The fourth-order valence-electron chi connectivity index (χ4n) is 1.18. The molecule has 12 heavy (non-hydrogen) atoms. The Morgan fingerprint density at radius 2 is 2.08 bits per heavy atom. The molecule has 0 aliphatic carbocycles. The van der Waals surface area contributed by atoms with Crippen LogP contribution in [-0.2, 0) is 4.79 Å². The van der Waals surface area contributed by atoms with Gasteiger partial charge in [0.25, 0.3) is 0 Å². The van der Waals surface area contributed by atoms with Crippen molar-refractivity contribution in [3.8, 4) is 0 Å². The molecule has 0 bridgehead atoms. The van der Waals surface area contributed by atoms with Crippen LogP contribution in [-0.4, -0.2) is 11.9 Å². The number of hydrogen-bond donors (Lipinski definition) is 1. The Morgan fingerprint density at radius 1 is 1.33 bits per heavy atom. The van der Waals surface area contributed by atoms with Gasteiger partial charge >= 0.3 is 0 Å². The fraction of sp³-hybridized carbons (Fsp3) is 0.111. The van der Waals surface area contributed by atoms with E-state index in [0.29, 0.717) is 0 Å². The molecule has 60 valence electrons. The molecule has 1 heterocycles. The van der Waals surface area contributed by atoms with Gasteiger partial charge < -0.3 is 5.73 Å². The van der Waals surface area contributed by atoms with Crippen LogP contribution >= 0.6 is 0 Å². The van der Waals surface area contributed by atoms with E-state index >= 15 is 0 Å². The molecule has 0 spiro atoms. The number of carbonyl (C=O) groups excluding carboxylic acids is 1. The van der Waals surface area contributed by atoms with Crippen molar-refractivity contribution in [2.75, 3.05) is 0 Å². The van der Waals surface area contributed by atoms with Gasteiger partial charge in [-0.1, -0.05) is 18.2 Å². The average molecular weight is 160 g/mol. The highest BCUT2D eigenvalue weighted by Gasteiger charge is 2.11. The number of Topliss-reactive ketones (excluding diaryl/α,β-unsaturated/α-hetero) is 1. The van der Waals surface area contributed by atoms with Crippen LogP contribution in [0.15, 0.2) is 29.3 Å². The van der Waals surface area contributed by atoms with Crippen molar-refractivity contribution in [2.45, 2.75) is 6.17 Å². The van der Waals surface area contributed by atoms with E-state index in [9.17, 15) is 4.79 Å². The van der Waals surface area contributed by atoms with Crippen molar-refractivity contribution in [1.82, 2.24) is 0 Å². The molecule has 0 aromatic heterocycles. The number of nitrogens with zero attached hydrogens (tertiary/aromatic N) is 1. The van der Waals surface area contributed by atoms with Crippen LogP contribution in [0.4, 0.5) is 0 Å². The molecule has 0 fully saturated rings. The summed E-state index contributed by atoms with van der Waals surface area (Å²) in [5.74, 6) is -0.131. The lowest BCUT2D eigenvalue weighted by Gasteiger charge is -2.05. The number of rotatable bonds is 0. The van der Waals surface area contributed by atoms with E-state index in [2.05, 4.69) is 4.99 Å². The van der Waals surface area contributed by atoms with E-state index in [4.69, 9.17) is 5.73 Å². The van der Waals surface area contributed by atoms with Crippen molar-refractivity contribution < 1.29 is 4.79 Å². The van der Waals surface area contributed by atoms with Crippen LogP contribution in [0.5, 0.6) is 0 Å². The standard InChI is InChI=1S/C9H8N2O/c10-9-8(12)5-6-3-1-2-4-7(6)11-9/h1-5,9H,10H2. The molecule has 0 radical (unpaired) electrons. The van der Waals surface area contributed by atoms with E-state index in [-0.39, 0.29) is 5.78 Å². The molecule has 2 N–H and O–H groups in total. The van der Waals surface area contributed by atoms with Gasteiger partial charge in [0.1, 0.15) is 0 Å². The van der Waals surface area contributed by atoms with E-state index in [1.807, 2.05) is 24.3 Å². The number of hydrogen-bond acceptors (Lipinski definition) is 3. The predicted molar refractivity (Wildman–Crippen MR) is 44.7 cm³/mol. The van der Waals surface area contributed by atoms with E-state index in [1.54, 1.807) is 0 Å². The third-order valence-corrected chi connectivity index (χ3v) is 1.80. The summed E-state index contributed by atoms with van der Waals surface area (Å²) < 4.78 is 0. The second-order valence-electron chi connectivity index (χ2n) is 2.68. The fourth-order valence-corrected chi connectivity index (χ4v) is 1.18. The highest BCUT2D eigenvalue weighted by Crippen LogP contribution is 1.88. The first-order valence-corrected chi connectivity index (χ1v) is 3.71. The molecular weight excluding hydrogens is 152 g/mol. The smallest absolute Gasteiger partial charge is 0.195 e. The maximum Gasteiger partial charge on any atom is 0.195 e. The topological polar surface area (TPSA) is 55.4 Å². The van der Waals surface area contributed by atoms with E-state index < -0.39 is 6.17 Å². The molecule has 1 aliphatic rings. The van der Waals surface area contributed by atoms with Gasteiger partial charge in [-0.25, -0.2) is 0 Å². The van der Waals surface area contributed by atoms with Crippen molar-refractivity contribution in [3.63, 3.8) is 0 Å². The second kappa shape index (κ2) is 2.53. The Bertz CT molecular complexity index is 436. The molecule has 1 aromatic carbocycles. The highest BCUT2D eigenvalue weighted by atomic mass is 16.1. The normalized spacial score (nSPS) is 20.8. The molecule has 0 amide bonds. The molecule has 0 saturated carbocycles. The van der Waals surface area contributed by atoms with Crippen LogP contribution in [0, 0.1) is 0 Å². The van der Waals surface area contributed by atoms with Crippen LogP contribution in [0.25, 0.3) is 6.08 Å². The Labute approximate surface area is 69.2 Å². The third kappa shape index (κ3) is 1.04. The van der Waals surface area contributed by atoms with Gasteiger partial charge in [-0.15, -0.1) is 0 Å². The first-order valence-electron chi connectivity index (χ1n) is 3.71. The summed E-state index contributed by atoms with van der Waals surface area (Å²) in [4.78, 5) is 15.1. The molecule has 3 nitrogen and oxygen atoms in total. The first kappa shape index (κ1) is 7.18. The predicted octanol–water partition coefficient (Wildman–Crippen LogP) is -1.05. The summed E-state index contributed by atoms with van der Waals surface area (Å²) in [6.45, 7) is 0. The lowest BCUT2D eigenvalue weighted by atomic mass is 10.2. The number of benzene rings is 1. The van der Waals surface area contributed by atoms with Crippen LogP contribution in [0.2, 0.25) is 0 Å². The summed E-state index contributed by atoms with van der Waals surface area (Å²) in [5, 5.41) is 1.65. The molecule has 2 rings (SSSR count). The number of nitrogens with two attached hydrogens (primary N) is 1. The summed E-state index contributed by atoms with van der Waals surface area (Å²) in [6, 6.07) is 7.44. The highest BCUT2D eigenvalue weighted by molar-refractivity contribution is 6.09. The molecule has 1 atom stereocenters. The number of para-hydroxylation sites is 1. The van der Waals surface area contributed by atoms with Gasteiger partial charge in [0.15, 0.2) is 11.9 Å². The van der Waals surface area contributed by atoms with Gasteiger partial charge in [0, 0.05) is 5.22 Å². The third-order valence-electron chi connectivity index (χ3n) is 1.80. The lowest BCUT2D eigenvalue weighted by Crippen LogP contribution is -2.40. The Morgan fingerprint density at radius 3 is 2.92 bits per heavy atom. The summed E-state index contributed by atoms with van der Waals surface area (Å²) in [6.07, 6.45) is 0.826. The lowest BCUT2D eigenvalue weighted by molar-refractivity contribution is -0.114. The largest absolute Gasteiger partial charge is 0.303 e. The van der Waals surface area contributed by atoms with Gasteiger partial charge in [0.2, 0.25) is 0 Å². The average Bonchev–Trinajstić information content (AvgIpc) is 2.07. The molecule has 1 aliphatic heterocycles. The van der Waals surface area contributed by atoms with Crippen molar-refractivity contribution in [3.05, 3.63) is 34.8 Å². The molecule has 3 heteroatoms. The molecule has 0 saturated heterocycles. The van der Waals surface area contributed by atoms with Crippen LogP contribution in [0.1, 0.15) is 0 Å². The van der Waals surface area contributed by atoms with Crippen molar-refractivity contribution in [2.24, 2.45) is 10.7 Å². The zero-order valence-corrected chi connectivity index (χ0v) is 6.40. The molecule has 1 aromatic rings. The zero-order chi connectivity index (χ0) is 8.55. The first-order chi connectivity index (χ1) is 5.77. The maximum atomic E-state index is 11.1. The van der Waals surface area contributed by atoms with Crippen LogP contribution in [0.3, 0.4) is 0 Å². The number of ketones is 1. The van der Waals surface area contributed by atoms with Gasteiger partial charge in [-0.2, -0.15) is 0 Å². The van der Waals surface area contributed by atoms with Crippen molar-refractivity contribution in [1.29, 1.82) is 0 Å². The summed E-state index contributed by atoms with van der Waals surface area (Å²) in [5.41, 5.74) is 5.45. The minimum Gasteiger partial charge on any atom is -0.303 e. The van der Waals surface area contributed by atoms with Crippen LogP contribution < -0.4 is 16.3 Å². The second-order valence-corrected chi connectivity index (χ2v) is 2.68. The maximum absolute atomic E-state index is 11.1. The van der Waals surface area contributed by atoms with Gasteiger partial charge in [-0.3, -0.25) is 9.79 Å². The Balaban J connectivity index is 2.79. The van der Waals surface area contributed by atoms with E-state index in [1.165, 1.54) is 6.08 Å². The zero-order valence-electron chi connectivity index (χ0n) is 6.40. The summed E-state index contributed by atoms with van der Waals surface area (Å²) >= 11 is 0. The monoisotopic (exact) mass is 160 g/mol.